The molecule has 0 radical (unpaired) electrons. The second-order valence-electron chi connectivity index (χ2n) is 6.07. The Balaban J connectivity index is 0.00000103. The molecule has 1 rings (SSSR count). The molecule has 0 saturated carbocycles. The fraction of sp³-hybridized carbons (Fsp3) is 0.733. The minimum atomic E-state index is -5.08. The highest BCUT2D eigenvalue weighted by atomic mass is 32.2. The number of sulfonamides is 1. The molecule has 30 heavy (non-hydrogen) atoms. The van der Waals surface area contributed by atoms with Gasteiger partial charge in [-0.25, -0.2) is 22.7 Å². The molecule has 0 aromatic carbocycles. The molecule has 15 heteroatoms. The van der Waals surface area contributed by atoms with Crippen LogP contribution in [0.3, 0.4) is 0 Å². The molecule has 174 valence electrons. The molecule has 0 aliphatic carbocycles. The lowest BCUT2D eigenvalue weighted by Gasteiger charge is -2.16. The van der Waals surface area contributed by atoms with Crippen LogP contribution in [-0.2, 0) is 29.2 Å². The molecule has 1 aliphatic heterocycles. The number of carbonyl (C=O) groups excluding carboxylic acids is 1. The maximum absolute atomic E-state index is 11.8. The highest BCUT2D eigenvalue weighted by Gasteiger charge is 2.38. The number of nitrogens with one attached hydrogen (secondary N) is 2. The summed E-state index contributed by atoms with van der Waals surface area (Å²) in [6.07, 6.45) is -2.16. The molecule has 1 amide bonds. The van der Waals surface area contributed by atoms with Crippen molar-refractivity contribution in [2.45, 2.75) is 57.3 Å². The van der Waals surface area contributed by atoms with Crippen LogP contribution in [0.15, 0.2) is 5.16 Å². The first-order valence-corrected chi connectivity index (χ1v) is 10.4. The Morgan fingerprint density at radius 3 is 2.33 bits per heavy atom. The number of alkyl halides is 3. The van der Waals surface area contributed by atoms with Gasteiger partial charge in [-0.2, -0.15) is 13.2 Å². The summed E-state index contributed by atoms with van der Waals surface area (Å²) in [5.74, 6) is -4.43. The smallest absolute Gasteiger partial charge is 0.480 e. The number of amides is 1. The first-order chi connectivity index (χ1) is 13.8. The summed E-state index contributed by atoms with van der Waals surface area (Å²) in [4.78, 5) is 36.7. The zero-order valence-electron chi connectivity index (χ0n) is 16.0. The van der Waals surface area contributed by atoms with E-state index >= 15 is 0 Å². The Labute approximate surface area is 170 Å². The number of carbonyl (C=O) groups is 3. The van der Waals surface area contributed by atoms with Gasteiger partial charge in [-0.1, -0.05) is 18.5 Å². The predicted octanol–water partition coefficient (Wildman–Crippen LogP) is 0.464. The van der Waals surface area contributed by atoms with E-state index in [0.717, 1.165) is 6.42 Å². The van der Waals surface area contributed by atoms with E-state index in [9.17, 15) is 31.2 Å². The van der Waals surface area contributed by atoms with Gasteiger partial charge in [0.15, 0.2) is 0 Å². The average molecular weight is 463 g/mol. The number of halogens is 3. The summed E-state index contributed by atoms with van der Waals surface area (Å²) in [5.41, 5.74) is 0. The van der Waals surface area contributed by atoms with Crippen molar-refractivity contribution in [3.05, 3.63) is 0 Å². The molecule has 4 N–H and O–H groups in total. The minimum Gasteiger partial charge on any atom is -0.480 e. The molecule has 2 atom stereocenters. The van der Waals surface area contributed by atoms with E-state index in [-0.39, 0.29) is 31.2 Å². The van der Waals surface area contributed by atoms with E-state index in [0.29, 0.717) is 12.8 Å². The van der Waals surface area contributed by atoms with Gasteiger partial charge in [-0.3, -0.25) is 4.79 Å². The molecule has 1 heterocycles. The SMILES string of the molecule is CCCCS(=O)(=O)NCCC(NC(=O)CC1CC=NO1)C(=O)O.O=C(O)C(F)(F)F. The Morgan fingerprint density at radius 1 is 1.30 bits per heavy atom. The van der Waals surface area contributed by atoms with Crippen LogP contribution in [0.25, 0.3) is 0 Å². The van der Waals surface area contributed by atoms with Gasteiger partial charge < -0.3 is 20.4 Å². The van der Waals surface area contributed by atoms with Gasteiger partial charge in [0, 0.05) is 19.2 Å². The summed E-state index contributed by atoms with van der Waals surface area (Å²) in [6.45, 7) is 1.83. The van der Waals surface area contributed by atoms with Crippen LogP contribution in [0.1, 0.15) is 39.0 Å². The molecular formula is C15H24F3N3O8S. The van der Waals surface area contributed by atoms with E-state index < -0.39 is 40.1 Å². The van der Waals surface area contributed by atoms with Crippen molar-refractivity contribution in [1.29, 1.82) is 0 Å². The lowest BCUT2D eigenvalue weighted by atomic mass is 10.1. The molecule has 0 fully saturated rings. The molecule has 11 nitrogen and oxygen atoms in total. The Kier molecular flexibility index (Phi) is 11.9. The lowest BCUT2D eigenvalue weighted by molar-refractivity contribution is -0.192. The molecule has 0 aromatic heterocycles. The van der Waals surface area contributed by atoms with Gasteiger partial charge in [0.25, 0.3) is 0 Å². The Hall–Kier alpha value is -2.42. The fourth-order valence-corrected chi connectivity index (χ4v) is 3.18. The zero-order valence-corrected chi connectivity index (χ0v) is 16.8. The number of unbranched alkanes of at least 4 members (excludes halogenated alkanes) is 1. The molecule has 2 unspecified atom stereocenters. The second kappa shape index (κ2) is 13.0. The third kappa shape index (κ3) is 12.9. The summed E-state index contributed by atoms with van der Waals surface area (Å²) in [5, 5.41) is 22.1. The van der Waals surface area contributed by atoms with E-state index in [1.54, 1.807) is 0 Å². The minimum absolute atomic E-state index is 0.00596. The van der Waals surface area contributed by atoms with Crippen molar-refractivity contribution >= 4 is 34.1 Å². The summed E-state index contributed by atoms with van der Waals surface area (Å²) < 4.78 is 57.3. The van der Waals surface area contributed by atoms with Crippen molar-refractivity contribution in [3.63, 3.8) is 0 Å². The Bertz CT molecular complexity index is 704. The zero-order chi connectivity index (χ0) is 23.4. The largest absolute Gasteiger partial charge is 0.490 e. The van der Waals surface area contributed by atoms with E-state index in [1.165, 1.54) is 6.21 Å². The average Bonchev–Trinajstić information content (AvgIpc) is 3.11. The van der Waals surface area contributed by atoms with Crippen molar-refractivity contribution in [1.82, 2.24) is 10.0 Å². The highest BCUT2D eigenvalue weighted by Crippen LogP contribution is 2.13. The van der Waals surface area contributed by atoms with Crippen LogP contribution in [0, 0.1) is 0 Å². The quantitative estimate of drug-likeness (QED) is 0.342. The maximum atomic E-state index is 11.8. The number of nitrogens with zero attached hydrogens (tertiary/aromatic N) is 1. The molecule has 0 bridgehead atoms. The van der Waals surface area contributed by atoms with Gasteiger partial charge in [0.1, 0.15) is 12.1 Å². The van der Waals surface area contributed by atoms with Crippen molar-refractivity contribution in [2.24, 2.45) is 5.16 Å². The van der Waals surface area contributed by atoms with Crippen LogP contribution >= 0.6 is 0 Å². The fourth-order valence-electron chi connectivity index (χ4n) is 1.94. The van der Waals surface area contributed by atoms with E-state index in [2.05, 4.69) is 15.2 Å². The van der Waals surface area contributed by atoms with E-state index in [1.807, 2.05) is 6.92 Å². The number of hydrogen-bond donors (Lipinski definition) is 4. The normalized spacial score (nSPS) is 16.7. The third-order valence-electron chi connectivity index (χ3n) is 3.46. The summed E-state index contributed by atoms with van der Waals surface area (Å²) >= 11 is 0. The van der Waals surface area contributed by atoms with Crippen LogP contribution in [0.5, 0.6) is 0 Å². The molecular weight excluding hydrogens is 439 g/mol. The maximum Gasteiger partial charge on any atom is 0.490 e. The van der Waals surface area contributed by atoms with Crippen LogP contribution < -0.4 is 10.0 Å². The summed E-state index contributed by atoms with van der Waals surface area (Å²) in [6, 6.07) is -1.15. The second-order valence-corrected chi connectivity index (χ2v) is 8.00. The number of rotatable bonds is 11. The van der Waals surface area contributed by atoms with Crippen LogP contribution in [0.4, 0.5) is 13.2 Å². The first-order valence-electron chi connectivity index (χ1n) is 8.75. The first kappa shape index (κ1) is 27.6. The molecule has 0 spiro atoms. The molecule has 0 aromatic rings. The van der Waals surface area contributed by atoms with E-state index in [4.69, 9.17) is 19.8 Å². The van der Waals surface area contributed by atoms with Crippen LogP contribution in [0.2, 0.25) is 0 Å². The molecule has 0 saturated heterocycles. The van der Waals surface area contributed by atoms with Gasteiger partial charge in [0.2, 0.25) is 15.9 Å². The Morgan fingerprint density at radius 2 is 1.90 bits per heavy atom. The number of hydrogen-bond acceptors (Lipinski definition) is 7. The van der Waals surface area contributed by atoms with Gasteiger partial charge in [0.05, 0.1) is 12.2 Å². The van der Waals surface area contributed by atoms with Gasteiger partial charge in [-0.05, 0) is 12.8 Å². The van der Waals surface area contributed by atoms with Crippen molar-refractivity contribution in [2.75, 3.05) is 12.3 Å². The molecule has 1 aliphatic rings. The van der Waals surface area contributed by atoms with Gasteiger partial charge >= 0.3 is 18.1 Å². The topological polar surface area (TPSA) is 171 Å². The van der Waals surface area contributed by atoms with Gasteiger partial charge in [-0.15, -0.1) is 0 Å². The number of carboxylic acids is 2. The monoisotopic (exact) mass is 463 g/mol. The highest BCUT2D eigenvalue weighted by molar-refractivity contribution is 7.89. The van der Waals surface area contributed by atoms with Crippen molar-refractivity contribution < 1.29 is 51.0 Å². The third-order valence-corrected chi connectivity index (χ3v) is 4.93. The number of aliphatic carboxylic acids is 2. The summed E-state index contributed by atoms with van der Waals surface area (Å²) in [7, 11) is -3.40. The number of oxime groups is 1. The van der Waals surface area contributed by atoms with Crippen molar-refractivity contribution in [3.8, 4) is 0 Å². The standard InChI is InChI=1S/C13H23N3O6S.C2HF3O2/c1-2-3-8-23(20,21)15-7-5-11(13(18)19)16-12(17)9-10-4-6-14-22-10;3-2(4,5)1(6)7/h6,10-11,15H,2-5,7-9H2,1H3,(H,16,17)(H,18,19);(H,6,7). The number of carboxylic acid groups (broad SMARTS) is 2. The van der Waals surface area contributed by atoms with Crippen LogP contribution in [-0.4, -0.2) is 73.3 Å². The lowest BCUT2D eigenvalue weighted by Crippen LogP contribution is -2.44. The predicted molar refractivity (Wildman–Crippen MR) is 97.2 cm³/mol.